The number of nitrogens with zero attached hydrogens (tertiary/aromatic N) is 3. The number of carbonyl (C=O) groups excluding carboxylic acids is 1. The first-order valence-electron chi connectivity index (χ1n) is 9.56. The van der Waals surface area contributed by atoms with Gasteiger partial charge in [-0.2, -0.15) is 0 Å². The van der Waals surface area contributed by atoms with Crippen molar-refractivity contribution < 1.29 is 34.8 Å². The zero-order valence-electron chi connectivity index (χ0n) is 16.7. The van der Waals surface area contributed by atoms with E-state index >= 15 is 0 Å². The number of nitrogens with two attached hydrogens (primary N) is 1. The summed E-state index contributed by atoms with van der Waals surface area (Å²) in [5, 5.41) is 43.5. The summed E-state index contributed by atoms with van der Waals surface area (Å²) in [4.78, 5) is 33.6. The Labute approximate surface area is 185 Å². The Morgan fingerprint density at radius 3 is 2.81 bits per heavy atom. The van der Waals surface area contributed by atoms with Gasteiger partial charge in [-0.1, -0.05) is 12.2 Å². The summed E-state index contributed by atoms with van der Waals surface area (Å²) in [7, 11) is 0. The number of aromatic amines is 1. The molecule has 0 saturated heterocycles. The van der Waals surface area contributed by atoms with Crippen molar-refractivity contribution in [3.8, 4) is 0 Å². The first-order chi connectivity index (χ1) is 15.2. The van der Waals surface area contributed by atoms with Crippen LogP contribution in [0.5, 0.6) is 0 Å². The van der Waals surface area contributed by atoms with Crippen molar-refractivity contribution in [1.29, 1.82) is 0 Å². The molecule has 3 heterocycles. The van der Waals surface area contributed by atoms with Gasteiger partial charge in [0.05, 0.1) is 12.5 Å². The summed E-state index contributed by atoms with van der Waals surface area (Å²) in [6.07, 6.45) is -1.08. The molecule has 3 atom stereocenters. The van der Waals surface area contributed by atoms with Crippen LogP contribution < -0.4 is 16.4 Å². The van der Waals surface area contributed by atoms with Gasteiger partial charge in [-0.3, -0.25) is 14.2 Å². The van der Waals surface area contributed by atoms with Crippen molar-refractivity contribution in [2.75, 3.05) is 25.0 Å². The number of aliphatic hydroxyl groups excluding tert-OH is 3. The number of carbonyl (C=O) groups is 2. The quantitative estimate of drug-likeness (QED) is 0.153. The standard InChI is InChI=1S/C17H23N7O7S/c18-7(4-9(26)27)14(30)19-2-1-3-20-17-22-13-10(15(32)23-17)21-6-24(13)16-12(29)11(28)8(5-25)31-16/h6-7,12,16,25,28-29H,1-5,18H2,(H,19,30)(H,26,27)(H2,20,22,23,32)/t7?,12?,16-/m1/s1. The van der Waals surface area contributed by atoms with Crippen LogP contribution in [0.4, 0.5) is 5.95 Å². The number of aliphatic carboxylic acids is 1. The van der Waals surface area contributed by atoms with Crippen LogP contribution in [0.3, 0.4) is 0 Å². The Morgan fingerprint density at radius 1 is 1.41 bits per heavy atom. The molecule has 0 saturated carbocycles. The van der Waals surface area contributed by atoms with Gasteiger partial charge in [0.2, 0.25) is 18.1 Å². The summed E-state index contributed by atoms with van der Waals surface area (Å²) < 4.78 is 7.02. The molecule has 3 rings (SSSR count). The molecule has 14 nitrogen and oxygen atoms in total. The summed E-state index contributed by atoms with van der Waals surface area (Å²) in [5.74, 6) is -2.01. The molecule has 9 N–H and O–H groups in total. The topological polar surface area (TPSA) is 221 Å². The van der Waals surface area contributed by atoms with Gasteiger partial charge < -0.3 is 46.5 Å². The van der Waals surface area contributed by atoms with Crippen LogP contribution in [-0.2, 0) is 14.3 Å². The van der Waals surface area contributed by atoms with E-state index in [1.54, 1.807) is 0 Å². The van der Waals surface area contributed by atoms with Gasteiger partial charge in [-0.05, 0) is 6.42 Å². The summed E-state index contributed by atoms with van der Waals surface area (Å²) >= 11 is 5.26. The lowest BCUT2D eigenvalue weighted by Crippen LogP contribution is -2.42. The molecule has 174 valence electrons. The smallest absolute Gasteiger partial charge is 0.305 e. The zero-order chi connectivity index (χ0) is 23.4. The highest BCUT2D eigenvalue weighted by molar-refractivity contribution is 7.71. The molecule has 0 aromatic carbocycles. The van der Waals surface area contributed by atoms with Crippen molar-refractivity contribution in [2.24, 2.45) is 5.73 Å². The number of H-pyrrole nitrogens is 1. The van der Waals surface area contributed by atoms with E-state index in [4.69, 9.17) is 27.8 Å². The van der Waals surface area contributed by atoms with E-state index in [0.717, 1.165) is 0 Å². The fraction of sp³-hybridized carbons (Fsp3) is 0.471. The number of aliphatic hydroxyl groups is 3. The molecule has 2 aromatic heterocycles. The number of hydrogen-bond acceptors (Lipinski definition) is 11. The van der Waals surface area contributed by atoms with E-state index in [0.29, 0.717) is 30.1 Å². The van der Waals surface area contributed by atoms with Crippen molar-refractivity contribution in [3.63, 3.8) is 0 Å². The van der Waals surface area contributed by atoms with Crippen molar-refractivity contribution in [1.82, 2.24) is 24.8 Å². The minimum atomic E-state index is -1.41. The van der Waals surface area contributed by atoms with Crippen LogP contribution in [0.1, 0.15) is 19.1 Å². The molecule has 1 amide bonds. The van der Waals surface area contributed by atoms with Crippen LogP contribution >= 0.6 is 12.2 Å². The van der Waals surface area contributed by atoms with Gasteiger partial charge in [-0.15, -0.1) is 0 Å². The third kappa shape index (κ3) is 4.96. The maximum absolute atomic E-state index is 11.7. The van der Waals surface area contributed by atoms with E-state index < -0.39 is 49.0 Å². The van der Waals surface area contributed by atoms with E-state index in [1.165, 1.54) is 10.9 Å². The predicted molar refractivity (Wildman–Crippen MR) is 112 cm³/mol. The SMILES string of the molecule is NC(CC(=O)O)C(=O)NCCCNc1nc(=S)c2ncn([C@@H]3OC(CO)=C(O)C3O)c2[nH]1. The highest BCUT2D eigenvalue weighted by Crippen LogP contribution is 2.33. The Morgan fingerprint density at radius 2 is 2.16 bits per heavy atom. The van der Waals surface area contributed by atoms with Crippen LogP contribution in [0, 0.1) is 4.64 Å². The fourth-order valence-corrected chi connectivity index (χ4v) is 3.27. The van der Waals surface area contributed by atoms with E-state index in [1.807, 2.05) is 0 Å². The molecule has 0 aliphatic carbocycles. The Kier molecular flexibility index (Phi) is 7.24. The second-order valence-corrected chi connectivity index (χ2v) is 7.32. The normalized spacial score (nSPS) is 19.1. The average molecular weight is 469 g/mol. The molecule has 0 radical (unpaired) electrons. The van der Waals surface area contributed by atoms with Gasteiger partial charge >= 0.3 is 5.97 Å². The lowest BCUT2D eigenvalue weighted by molar-refractivity contribution is -0.139. The Hall–Kier alpha value is -3.27. The van der Waals surface area contributed by atoms with Crippen LogP contribution in [0.15, 0.2) is 17.8 Å². The monoisotopic (exact) mass is 469 g/mol. The molecular weight excluding hydrogens is 446 g/mol. The van der Waals surface area contributed by atoms with Crippen molar-refractivity contribution >= 4 is 41.2 Å². The Bertz CT molecular complexity index is 1100. The number of aromatic nitrogens is 4. The maximum Gasteiger partial charge on any atom is 0.305 e. The predicted octanol–water partition coefficient (Wildman–Crippen LogP) is -1.14. The second kappa shape index (κ2) is 9.90. The zero-order valence-corrected chi connectivity index (χ0v) is 17.5. The third-order valence-corrected chi connectivity index (χ3v) is 4.92. The molecule has 0 spiro atoms. The third-order valence-electron chi connectivity index (χ3n) is 4.64. The largest absolute Gasteiger partial charge is 0.506 e. The highest BCUT2D eigenvalue weighted by Gasteiger charge is 2.37. The van der Waals surface area contributed by atoms with E-state index in [2.05, 4.69) is 25.6 Å². The number of fused-ring (bicyclic) bond motifs is 1. The molecule has 2 unspecified atom stereocenters. The molecule has 0 fully saturated rings. The van der Waals surface area contributed by atoms with Crippen molar-refractivity contribution in [2.45, 2.75) is 31.2 Å². The van der Waals surface area contributed by atoms with Gasteiger partial charge in [0.15, 0.2) is 22.3 Å². The van der Waals surface area contributed by atoms with E-state index in [9.17, 15) is 24.9 Å². The first-order valence-corrected chi connectivity index (χ1v) is 9.97. The lowest BCUT2D eigenvalue weighted by Gasteiger charge is -2.17. The molecular formula is C17H23N7O7S. The minimum Gasteiger partial charge on any atom is -0.506 e. The minimum absolute atomic E-state index is 0.138. The molecule has 1 aliphatic heterocycles. The second-order valence-electron chi connectivity index (χ2n) is 6.94. The lowest BCUT2D eigenvalue weighted by atomic mass is 10.2. The fourth-order valence-electron chi connectivity index (χ4n) is 3.03. The average Bonchev–Trinajstić information content (AvgIpc) is 3.28. The number of carboxylic acid groups (broad SMARTS) is 1. The van der Waals surface area contributed by atoms with Crippen LogP contribution in [-0.4, -0.2) is 83.7 Å². The van der Waals surface area contributed by atoms with Gasteiger partial charge in [0.25, 0.3) is 0 Å². The number of ether oxygens (including phenoxy) is 1. The molecule has 15 heteroatoms. The molecule has 32 heavy (non-hydrogen) atoms. The number of anilines is 1. The number of nitrogens with one attached hydrogen (secondary N) is 3. The number of hydrogen-bond donors (Lipinski definition) is 8. The summed E-state index contributed by atoms with van der Waals surface area (Å²) in [6.45, 7) is 0.0666. The Balaban J connectivity index is 1.62. The summed E-state index contributed by atoms with van der Waals surface area (Å²) in [6, 6.07) is -1.12. The summed E-state index contributed by atoms with van der Waals surface area (Å²) in [5.41, 5.74) is 6.20. The molecule has 1 aliphatic rings. The molecule has 2 aromatic rings. The maximum atomic E-state index is 11.7. The number of imidazole rings is 1. The van der Waals surface area contributed by atoms with Gasteiger partial charge in [0.1, 0.15) is 24.1 Å². The molecule has 0 bridgehead atoms. The van der Waals surface area contributed by atoms with Crippen LogP contribution in [0.2, 0.25) is 0 Å². The van der Waals surface area contributed by atoms with Crippen LogP contribution in [0.25, 0.3) is 11.2 Å². The van der Waals surface area contributed by atoms with Gasteiger partial charge in [-0.25, -0.2) is 9.97 Å². The van der Waals surface area contributed by atoms with E-state index in [-0.39, 0.29) is 16.9 Å². The van der Waals surface area contributed by atoms with Gasteiger partial charge in [0, 0.05) is 13.1 Å². The number of carboxylic acids is 1. The first kappa shape index (κ1) is 23.4. The number of amides is 1. The highest BCUT2D eigenvalue weighted by atomic mass is 32.1. The van der Waals surface area contributed by atoms with Crippen molar-refractivity contribution in [3.05, 3.63) is 22.5 Å². The number of rotatable bonds is 10.